The van der Waals surface area contributed by atoms with Gasteiger partial charge in [0.15, 0.2) is 0 Å². The molecule has 0 aromatic rings. The quantitative estimate of drug-likeness (QED) is 0.406. The van der Waals surface area contributed by atoms with Crippen molar-refractivity contribution >= 4 is 0 Å². The fourth-order valence-electron chi connectivity index (χ4n) is 3.72. The largest absolute Gasteiger partial charge is 0.312 e. The van der Waals surface area contributed by atoms with E-state index >= 15 is 0 Å². The lowest BCUT2D eigenvalue weighted by Gasteiger charge is -2.46. The highest BCUT2D eigenvalue weighted by atomic mass is 15.2. The van der Waals surface area contributed by atoms with Crippen molar-refractivity contribution in [3.8, 4) is 0 Å². The summed E-state index contributed by atoms with van der Waals surface area (Å²) in [5, 5.41) is 3.79. The summed E-state index contributed by atoms with van der Waals surface area (Å²) in [6.07, 6.45) is 14.1. The first-order valence-electron chi connectivity index (χ1n) is 8.19. The van der Waals surface area contributed by atoms with E-state index < -0.39 is 0 Å². The minimum atomic E-state index is 0.369. The van der Waals surface area contributed by atoms with Gasteiger partial charge in [-0.05, 0) is 52.7 Å². The van der Waals surface area contributed by atoms with Gasteiger partial charge in [0.25, 0.3) is 0 Å². The molecule has 19 heavy (non-hydrogen) atoms. The Balaban J connectivity index is 2.79. The normalized spacial score (nSPS) is 21.1. The van der Waals surface area contributed by atoms with Gasteiger partial charge in [-0.1, -0.05) is 38.7 Å². The van der Waals surface area contributed by atoms with Gasteiger partial charge in [-0.2, -0.15) is 0 Å². The number of likely N-dealkylation sites (N-methyl/N-ethyl adjacent to an activating group) is 2. The molecule has 1 rings (SSSR count). The number of unbranched alkanes of at least 4 members (excludes halogenated alkanes) is 1. The second kappa shape index (κ2) is 8.76. The Bertz CT molecular complexity index is 240. The summed E-state index contributed by atoms with van der Waals surface area (Å²) in [4.78, 5) is 2.51. The first-order chi connectivity index (χ1) is 9.17. The van der Waals surface area contributed by atoms with Gasteiger partial charge in [0, 0.05) is 11.6 Å². The minimum Gasteiger partial charge on any atom is -0.312 e. The molecule has 0 aromatic heterocycles. The first-order valence-corrected chi connectivity index (χ1v) is 8.19. The summed E-state index contributed by atoms with van der Waals surface area (Å²) in [5.41, 5.74) is 0.369. The van der Waals surface area contributed by atoms with E-state index in [2.05, 4.69) is 43.9 Å². The molecular weight excluding hydrogens is 232 g/mol. The van der Waals surface area contributed by atoms with Crippen molar-refractivity contribution in [2.45, 2.75) is 76.3 Å². The lowest BCUT2D eigenvalue weighted by molar-refractivity contribution is 0.0761. The maximum absolute atomic E-state index is 3.85. The molecule has 2 nitrogen and oxygen atoms in total. The third-order valence-electron chi connectivity index (χ3n) is 4.86. The molecule has 0 radical (unpaired) electrons. The summed E-state index contributed by atoms with van der Waals surface area (Å²) < 4.78 is 0. The lowest BCUT2D eigenvalue weighted by Crippen LogP contribution is -2.58. The molecule has 0 bridgehead atoms. The molecule has 0 heterocycles. The van der Waals surface area contributed by atoms with Crippen LogP contribution in [-0.4, -0.2) is 37.1 Å². The van der Waals surface area contributed by atoms with Crippen LogP contribution in [0.1, 0.15) is 64.7 Å². The number of hydrogen-bond acceptors (Lipinski definition) is 2. The molecule has 1 N–H and O–H groups in total. The molecule has 0 amide bonds. The number of hydrogen-bond donors (Lipinski definition) is 1. The smallest absolute Gasteiger partial charge is 0.0356 e. The molecule has 1 aliphatic carbocycles. The Hall–Kier alpha value is -0.340. The third-order valence-corrected chi connectivity index (χ3v) is 4.86. The van der Waals surface area contributed by atoms with E-state index in [0.29, 0.717) is 11.6 Å². The topological polar surface area (TPSA) is 15.3 Å². The fourth-order valence-corrected chi connectivity index (χ4v) is 3.72. The molecule has 1 unspecified atom stereocenters. The van der Waals surface area contributed by atoms with Gasteiger partial charge >= 0.3 is 0 Å². The van der Waals surface area contributed by atoms with Crippen LogP contribution in [0.15, 0.2) is 12.7 Å². The number of nitrogens with one attached hydrogen (secondary N) is 1. The highest BCUT2D eigenvalue weighted by Gasteiger charge is 2.39. The van der Waals surface area contributed by atoms with Crippen molar-refractivity contribution in [3.05, 3.63) is 12.7 Å². The Labute approximate surface area is 120 Å². The zero-order chi connectivity index (χ0) is 14.1. The maximum atomic E-state index is 3.85. The van der Waals surface area contributed by atoms with Gasteiger partial charge in [-0.15, -0.1) is 6.58 Å². The van der Waals surface area contributed by atoms with E-state index in [1.165, 1.54) is 51.4 Å². The van der Waals surface area contributed by atoms with Gasteiger partial charge < -0.3 is 10.2 Å². The summed E-state index contributed by atoms with van der Waals surface area (Å²) in [7, 11) is 4.56. The third kappa shape index (κ3) is 4.61. The predicted octanol–water partition coefficient (Wildman–Crippen LogP) is 3.98. The van der Waals surface area contributed by atoms with Crippen molar-refractivity contribution in [3.63, 3.8) is 0 Å². The molecule has 0 saturated heterocycles. The van der Waals surface area contributed by atoms with E-state index in [1.807, 2.05) is 0 Å². The first kappa shape index (κ1) is 16.7. The summed E-state index contributed by atoms with van der Waals surface area (Å²) in [5.74, 6) is 0. The molecule has 0 spiro atoms. The van der Waals surface area contributed by atoms with Gasteiger partial charge in [0.2, 0.25) is 0 Å². The second-order valence-electron chi connectivity index (χ2n) is 6.24. The van der Waals surface area contributed by atoms with Crippen LogP contribution in [-0.2, 0) is 0 Å². The molecule has 0 aliphatic heterocycles. The van der Waals surface area contributed by atoms with Crippen molar-refractivity contribution in [2.75, 3.05) is 20.6 Å². The minimum absolute atomic E-state index is 0.369. The highest BCUT2D eigenvalue weighted by molar-refractivity contribution is 4.99. The molecular formula is C17H34N2. The van der Waals surface area contributed by atoms with E-state index in [-0.39, 0.29) is 0 Å². The molecule has 1 saturated carbocycles. The van der Waals surface area contributed by atoms with E-state index in [4.69, 9.17) is 0 Å². The Morgan fingerprint density at radius 1 is 1.21 bits per heavy atom. The molecule has 1 atom stereocenters. The fraction of sp³-hybridized carbons (Fsp3) is 0.882. The van der Waals surface area contributed by atoms with Gasteiger partial charge in [0.1, 0.15) is 0 Å². The summed E-state index contributed by atoms with van der Waals surface area (Å²) >= 11 is 0. The standard InChI is InChI=1S/C17H34N2/c1-5-7-10-13-16(18-6-2)17(19(3)4)14-11-8-9-12-15-17/h5,16,18H,1,6-15H2,2-4H3. The summed E-state index contributed by atoms with van der Waals surface area (Å²) in [6, 6.07) is 0.630. The van der Waals surface area contributed by atoms with Gasteiger partial charge in [-0.25, -0.2) is 0 Å². The number of allylic oxidation sites excluding steroid dienone is 1. The predicted molar refractivity (Wildman–Crippen MR) is 85.6 cm³/mol. The van der Waals surface area contributed by atoms with Crippen LogP contribution in [0.4, 0.5) is 0 Å². The van der Waals surface area contributed by atoms with E-state index in [9.17, 15) is 0 Å². The number of nitrogens with zero attached hydrogens (tertiary/aromatic N) is 1. The van der Waals surface area contributed by atoms with Crippen molar-refractivity contribution in [1.82, 2.24) is 10.2 Å². The highest BCUT2D eigenvalue weighted by Crippen LogP contribution is 2.35. The van der Waals surface area contributed by atoms with Crippen molar-refractivity contribution in [1.29, 1.82) is 0 Å². The second-order valence-corrected chi connectivity index (χ2v) is 6.24. The van der Waals surface area contributed by atoms with Crippen LogP contribution in [0.25, 0.3) is 0 Å². The Morgan fingerprint density at radius 3 is 2.32 bits per heavy atom. The Morgan fingerprint density at radius 2 is 1.84 bits per heavy atom. The number of rotatable bonds is 8. The molecule has 1 aliphatic rings. The maximum Gasteiger partial charge on any atom is 0.0356 e. The molecule has 112 valence electrons. The van der Waals surface area contributed by atoms with Crippen LogP contribution in [0.5, 0.6) is 0 Å². The molecule has 0 aromatic carbocycles. The molecule has 2 heteroatoms. The van der Waals surface area contributed by atoms with Gasteiger partial charge in [-0.3, -0.25) is 0 Å². The van der Waals surface area contributed by atoms with Crippen LogP contribution in [0.3, 0.4) is 0 Å². The average molecular weight is 266 g/mol. The van der Waals surface area contributed by atoms with Crippen molar-refractivity contribution in [2.24, 2.45) is 0 Å². The zero-order valence-electron chi connectivity index (χ0n) is 13.4. The average Bonchev–Trinajstić information content (AvgIpc) is 2.64. The zero-order valence-corrected chi connectivity index (χ0v) is 13.4. The van der Waals surface area contributed by atoms with Crippen LogP contribution in [0, 0.1) is 0 Å². The Kier molecular flexibility index (Phi) is 7.70. The molecule has 1 fully saturated rings. The van der Waals surface area contributed by atoms with E-state index in [0.717, 1.165) is 13.0 Å². The van der Waals surface area contributed by atoms with Crippen LogP contribution >= 0.6 is 0 Å². The van der Waals surface area contributed by atoms with E-state index in [1.54, 1.807) is 0 Å². The van der Waals surface area contributed by atoms with Gasteiger partial charge in [0.05, 0.1) is 0 Å². The summed E-state index contributed by atoms with van der Waals surface area (Å²) in [6.45, 7) is 7.17. The SMILES string of the molecule is C=CCCCC(NCC)C1(N(C)C)CCCCCC1. The monoisotopic (exact) mass is 266 g/mol. The van der Waals surface area contributed by atoms with Crippen LogP contribution in [0.2, 0.25) is 0 Å². The van der Waals surface area contributed by atoms with Crippen LogP contribution < -0.4 is 5.32 Å². The lowest BCUT2D eigenvalue weighted by atomic mass is 9.79. The van der Waals surface area contributed by atoms with Crippen molar-refractivity contribution < 1.29 is 0 Å².